The molecule has 2 aromatic carbocycles. The highest BCUT2D eigenvalue weighted by molar-refractivity contribution is 7.87. The van der Waals surface area contributed by atoms with Crippen molar-refractivity contribution in [2.45, 2.75) is 25.3 Å². The van der Waals surface area contributed by atoms with Crippen LogP contribution in [0.5, 0.6) is 5.75 Å². The molecule has 0 radical (unpaired) electrons. The lowest BCUT2D eigenvalue weighted by Gasteiger charge is -2.10. The van der Waals surface area contributed by atoms with Crippen LogP contribution >= 0.6 is 11.6 Å². The zero-order chi connectivity index (χ0) is 21.3. The molecule has 8 nitrogen and oxygen atoms in total. The van der Waals surface area contributed by atoms with E-state index in [2.05, 4.69) is 5.32 Å². The van der Waals surface area contributed by atoms with Crippen LogP contribution < -0.4 is 9.50 Å². The standard InChI is InChI=1S/C19H17ClN2O6S/c1-11-19(29(26,27)28-14-6-3-5-13(20)9-14)18-15(21-12(2)23)7-4-8-16(18)22(11)10-17(24)25/h3-9H,10H2,1-2H3,(H,21,23)(H,24,25). The Bertz CT molecular complexity index is 1230. The molecule has 0 saturated heterocycles. The third kappa shape index (κ3) is 4.20. The molecule has 0 spiro atoms. The Labute approximate surface area is 171 Å². The highest BCUT2D eigenvalue weighted by atomic mass is 35.5. The van der Waals surface area contributed by atoms with Gasteiger partial charge in [0.15, 0.2) is 0 Å². The normalized spacial score (nSPS) is 11.4. The Morgan fingerprint density at radius 3 is 2.52 bits per heavy atom. The van der Waals surface area contributed by atoms with Crippen molar-refractivity contribution in [3.05, 3.63) is 53.2 Å². The summed E-state index contributed by atoms with van der Waals surface area (Å²) in [7, 11) is -4.38. The molecule has 1 amide bonds. The van der Waals surface area contributed by atoms with Crippen LogP contribution in [0.4, 0.5) is 5.69 Å². The number of rotatable bonds is 6. The number of fused-ring (bicyclic) bond motifs is 1. The van der Waals surface area contributed by atoms with Crippen molar-refractivity contribution in [3.63, 3.8) is 0 Å². The first-order valence-corrected chi connectivity index (χ1v) is 10.2. The van der Waals surface area contributed by atoms with E-state index in [1.807, 2.05) is 0 Å². The molecule has 3 aromatic rings. The molecule has 152 valence electrons. The van der Waals surface area contributed by atoms with Gasteiger partial charge in [0.2, 0.25) is 5.91 Å². The van der Waals surface area contributed by atoms with Gasteiger partial charge in [-0.25, -0.2) is 0 Å². The summed E-state index contributed by atoms with van der Waals surface area (Å²) in [5, 5.41) is 12.3. The highest BCUT2D eigenvalue weighted by Gasteiger charge is 2.30. The number of halogens is 1. The highest BCUT2D eigenvalue weighted by Crippen LogP contribution is 2.36. The Morgan fingerprint density at radius 1 is 1.21 bits per heavy atom. The number of carbonyl (C=O) groups is 2. The fourth-order valence-electron chi connectivity index (χ4n) is 3.11. The maximum atomic E-state index is 13.1. The van der Waals surface area contributed by atoms with Gasteiger partial charge in [0, 0.05) is 29.1 Å². The third-order valence-electron chi connectivity index (χ3n) is 4.15. The number of aromatic nitrogens is 1. The van der Waals surface area contributed by atoms with E-state index >= 15 is 0 Å². The smallest absolute Gasteiger partial charge is 0.341 e. The number of carboxylic acid groups (broad SMARTS) is 1. The number of amides is 1. The summed E-state index contributed by atoms with van der Waals surface area (Å²) in [4.78, 5) is 22.7. The second-order valence-electron chi connectivity index (χ2n) is 6.27. The van der Waals surface area contributed by atoms with Gasteiger partial charge in [0.05, 0.1) is 11.2 Å². The number of benzene rings is 2. The van der Waals surface area contributed by atoms with E-state index in [0.29, 0.717) is 10.5 Å². The number of carboxylic acids is 1. The van der Waals surface area contributed by atoms with Crippen LogP contribution in [0, 0.1) is 6.92 Å². The van der Waals surface area contributed by atoms with Crippen LogP contribution in [0.1, 0.15) is 12.6 Å². The Balaban J connectivity index is 2.28. The van der Waals surface area contributed by atoms with Crippen LogP contribution in [0.3, 0.4) is 0 Å². The summed E-state index contributed by atoms with van der Waals surface area (Å²) in [5.41, 5.74) is 0.738. The molecule has 0 saturated carbocycles. The van der Waals surface area contributed by atoms with Crippen molar-refractivity contribution >= 4 is 50.2 Å². The maximum Gasteiger partial charge on any atom is 0.341 e. The molecule has 0 aliphatic rings. The van der Waals surface area contributed by atoms with Crippen LogP contribution in [0.25, 0.3) is 10.9 Å². The van der Waals surface area contributed by atoms with Crippen LogP contribution in [0.2, 0.25) is 5.02 Å². The van der Waals surface area contributed by atoms with E-state index < -0.39 is 28.5 Å². The van der Waals surface area contributed by atoms with Crippen molar-refractivity contribution < 1.29 is 27.3 Å². The molecule has 2 N–H and O–H groups in total. The lowest BCUT2D eigenvalue weighted by Crippen LogP contribution is -2.14. The second kappa shape index (κ2) is 7.76. The molecule has 10 heteroatoms. The number of aliphatic carboxylic acids is 1. The van der Waals surface area contributed by atoms with E-state index in [1.165, 1.54) is 42.7 Å². The number of nitrogens with zero attached hydrogens (tertiary/aromatic N) is 1. The minimum atomic E-state index is -4.38. The second-order valence-corrected chi connectivity index (χ2v) is 8.19. The molecular weight excluding hydrogens is 420 g/mol. The molecule has 1 heterocycles. The van der Waals surface area contributed by atoms with E-state index in [1.54, 1.807) is 18.2 Å². The number of nitrogens with one attached hydrogen (secondary N) is 1. The number of hydrogen-bond donors (Lipinski definition) is 2. The van der Waals surface area contributed by atoms with Gasteiger partial charge in [-0.1, -0.05) is 23.7 Å². The minimum Gasteiger partial charge on any atom is -0.480 e. The fraction of sp³-hybridized carbons (Fsp3) is 0.158. The average Bonchev–Trinajstić information content (AvgIpc) is 2.87. The molecule has 0 aliphatic heterocycles. The zero-order valence-corrected chi connectivity index (χ0v) is 17.0. The Kier molecular flexibility index (Phi) is 5.54. The first-order valence-electron chi connectivity index (χ1n) is 8.41. The van der Waals surface area contributed by atoms with Crippen LogP contribution in [0.15, 0.2) is 47.4 Å². The summed E-state index contributed by atoms with van der Waals surface area (Å²) >= 11 is 5.90. The van der Waals surface area contributed by atoms with E-state index in [4.69, 9.17) is 15.8 Å². The van der Waals surface area contributed by atoms with Gasteiger partial charge in [-0.2, -0.15) is 8.42 Å². The minimum absolute atomic E-state index is 0.00745. The SMILES string of the molecule is CC(=O)Nc1cccc2c1c(S(=O)(=O)Oc1cccc(Cl)c1)c(C)n2CC(=O)O. The molecule has 0 aliphatic carbocycles. The van der Waals surface area contributed by atoms with Gasteiger partial charge in [0.1, 0.15) is 17.2 Å². The van der Waals surface area contributed by atoms with Crippen molar-refractivity contribution in [1.82, 2.24) is 4.57 Å². The van der Waals surface area contributed by atoms with Crippen molar-refractivity contribution in [2.24, 2.45) is 0 Å². The van der Waals surface area contributed by atoms with E-state index in [0.717, 1.165) is 0 Å². The monoisotopic (exact) mass is 436 g/mol. The maximum absolute atomic E-state index is 13.1. The summed E-state index contributed by atoms with van der Waals surface area (Å²) in [5.74, 6) is -1.54. The van der Waals surface area contributed by atoms with Gasteiger partial charge >= 0.3 is 16.1 Å². The molecule has 0 unspecified atom stereocenters. The molecule has 0 bridgehead atoms. The quantitative estimate of drug-likeness (QED) is 0.572. The van der Waals surface area contributed by atoms with Crippen LogP contribution in [-0.2, 0) is 26.3 Å². The van der Waals surface area contributed by atoms with Gasteiger partial charge in [0.25, 0.3) is 0 Å². The number of carbonyl (C=O) groups excluding carboxylic acids is 1. The predicted molar refractivity (Wildman–Crippen MR) is 108 cm³/mol. The Morgan fingerprint density at radius 2 is 1.90 bits per heavy atom. The first-order chi connectivity index (χ1) is 13.6. The molecule has 0 atom stereocenters. The summed E-state index contributed by atoms with van der Waals surface area (Å²) in [6, 6.07) is 10.6. The summed E-state index contributed by atoms with van der Waals surface area (Å²) < 4.78 is 32.9. The van der Waals surface area contributed by atoms with E-state index in [9.17, 15) is 23.1 Å². The molecule has 1 aromatic heterocycles. The fourth-order valence-corrected chi connectivity index (χ4v) is 4.67. The molecule has 3 rings (SSSR count). The van der Waals surface area contributed by atoms with Gasteiger partial charge < -0.3 is 19.2 Å². The number of anilines is 1. The predicted octanol–water partition coefficient (Wildman–Crippen LogP) is 3.41. The first kappa shape index (κ1) is 20.7. The van der Waals surface area contributed by atoms with Gasteiger partial charge in [-0.15, -0.1) is 0 Å². The Hall–Kier alpha value is -3.04. The van der Waals surface area contributed by atoms with Gasteiger partial charge in [-0.05, 0) is 31.2 Å². The largest absolute Gasteiger partial charge is 0.480 e. The van der Waals surface area contributed by atoms with Crippen molar-refractivity contribution in [1.29, 1.82) is 0 Å². The average molecular weight is 437 g/mol. The van der Waals surface area contributed by atoms with Gasteiger partial charge in [-0.3, -0.25) is 9.59 Å². The number of hydrogen-bond acceptors (Lipinski definition) is 5. The van der Waals surface area contributed by atoms with E-state index in [-0.39, 0.29) is 27.4 Å². The molecule has 29 heavy (non-hydrogen) atoms. The summed E-state index contributed by atoms with van der Waals surface area (Å²) in [6.45, 7) is 2.31. The van der Waals surface area contributed by atoms with Crippen molar-refractivity contribution in [3.8, 4) is 5.75 Å². The summed E-state index contributed by atoms with van der Waals surface area (Å²) in [6.07, 6.45) is 0. The lowest BCUT2D eigenvalue weighted by atomic mass is 10.2. The lowest BCUT2D eigenvalue weighted by molar-refractivity contribution is -0.137. The van der Waals surface area contributed by atoms with Crippen LogP contribution in [-0.4, -0.2) is 30.0 Å². The molecular formula is C19H17ClN2O6S. The zero-order valence-electron chi connectivity index (χ0n) is 15.5. The topological polar surface area (TPSA) is 115 Å². The van der Waals surface area contributed by atoms with Crippen molar-refractivity contribution in [2.75, 3.05) is 5.32 Å². The third-order valence-corrected chi connectivity index (χ3v) is 5.80. The molecule has 0 fully saturated rings.